The third-order valence-electron chi connectivity index (χ3n) is 5.28. The lowest BCUT2D eigenvalue weighted by atomic mass is 9.93. The molecule has 4 nitrogen and oxygen atoms in total. The Morgan fingerprint density at radius 3 is 2.79 bits per heavy atom. The molecular formula is C15H22N4. The van der Waals surface area contributed by atoms with Gasteiger partial charge in [0.1, 0.15) is 6.33 Å². The second kappa shape index (κ2) is 4.53. The van der Waals surface area contributed by atoms with Gasteiger partial charge in [0.05, 0.1) is 5.69 Å². The number of likely N-dealkylation sites (tertiary alicyclic amines) is 1. The fourth-order valence-electron chi connectivity index (χ4n) is 4.31. The highest BCUT2D eigenvalue weighted by Gasteiger charge is 2.44. The van der Waals surface area contributed by atoms with Gasteiger partial charge in [-0.25, -0.2) is 9.97 Å². The van der Waals surface area contributed by atoms with Gasteiger partial charge in [-0.2, -0.15) is 0 Å². The lowest BCUT2D eigenvalue weighted by Gasteiger charge is -2.44. The standard InChI is InChI=1S/C15H22N4/c1-18-6-4-11(5-7-18)19-12-2-3-15(19)13-9-16-10-17-14(13)8-12/h9-12,15H,2-8H2,1H3. The highest BCUT2D eigenvalue weighted by atomic mass is 15.3. The number of hydrogen-bond donors (Lipinski definition) is 0. The molecule has 2 fully saturated rings. The summed E-state index contributed by atoms with van der Waals surface area (Å²) >= 11 is 0. The van der Waals surface area contributed by atoms with Gasteiger partial charge >= 0.3 is 0 Å². The summed E-state index contributed by atoms with van der Waals surface area (Å²) in [6.45, 7) is 2.50. The lowest BCUT2D eigenvalue weighted by Crippen LogP contribution is -2.49. The molecule has 0 saturated carbocycles. The van der Waals surface area contributed by atoms with E-state index in [9.17, 15) is 0 Å². The van der Waals surface area contributed by atoms with Gasteiger partial charge in [0, 0.05) is 36.3 Å². The molecule has 4 heteroatoms. The molecule has 102 valence electrons. The summed E-state index contributed by atoms with van der Waals surface area (Å²) in [4.78, 5) is 14.0. The van der Waals surface area contributed by atoms with Crippen molar-refractivity contribution in [2.75, 3.05) is 20.1 Å². The van der Waals surface area contributed by atoms with Crippen LogP contribution < -0.4 is 0 Å². The monoisotopic (exact) mass is 258 g/mol. The Bertz CT molecular complexity index is 467. The molecule has 0 radical (unpaired) electrons. The molecule has 2 bridgehead atoms. The van der Waals surface area contributed by atoms with Crippen LogP contribution in [0.3, 0.4) is 0 Å². The Morgan fingerprint density at radius 1 is 1.11 bits per heavy atom. The van der Waals surface area contributed by atoms with Crippen LogP contribution in [0, 0.1) is 0 Å². The summed E-state index contributed by atoms with van der Waals surface area (Å²) in [5.74, 6) is 0. The smallest absolute Gasteiger partial charge is 0.115 e. The highest BCUT2D eigenvalue weighted by Crippen LogP contribution is 2.45. The van der Waals surface area contributed by atoms with Crippen LogP contribution in [0.2, 0.25) is 0 Å². The molecule has 2 atom stereocenters. The van der Waals surface area contributed by atoms with Crippen molar-refractivity contribution < 1.29 is 0 Å². The zero-order valence-electron chi connectivity index (χ0n) is 11.6. The van der Waals surface area contributed by atoms with E-state index in [0.717, 1.165) is 18.5 Å². The van der Waals surface area contributed by atoms with Gasteiger partial charge in [0.25, 0.3) is 0 Å². The van der Waals surface area contributed by atoms with E-state index < -0.39 is 0 Å². The van der Waals surface area contributed by atoms with Crippen LogP contribution in [0.1, 0.15) is 43.0 Å². The van der Waals surface area contributed by atoms with Crippen molar-refractivity contribution in [2.24, 2.45) is 0 Å². The molecule has 1 aromatic heterocycles. The first-order valence-electron chi connectivity index (χ1n) is 7.57. The van der Waals surface area contributed by atoms with E-state index in [4.69, 9.17) is 0 Å². The van der Waals surface area contributed by atoms with Crippen molar-refractivity contribution in [3.63, 3.8) is 0 Å². The van der Waals surface area contributed by atoms with Crippen LogP contribution in [-0.4, -0.2) is 52.0 Å². The summed E-state index contributed by atoms with van der Waals surface area (Å²) in [7, 11) is 2.24. The lowest BCUT2D eigenvalue weighted by molar-refractivity contribution is 0.0671. The fourth-order valence-corrected chi connectivity index (χ4v) is 4.31. The summed E-state index contributed by atoms with van der Waals surface area (Å²) in [5.41, 5.74) is 2.72. The first kappa shape index (κ1) is 11.8. The minimum absolute atomic E-state index is 0.600. The largest absolute Gasteiger partial charge is 0.306 e. The maximum atomic E-state index is 4.51. The number of rotatable bonds is 1. The molecule has 0 aliphatic carbocycles. The summed E-state index contributed by atoms with van der Waals surface area (Å²) in [5, 5.41) is 0. The van der Waals surface area contributed by atoms with Gasteiger partial charge in [-0.05, 0) is 45.8 Å². The maximum absolute atomic E-state index is 4.51. The average Bonchev–Trinajstić information content (AvgIpc) is 2.75. The molecule has 2 unspecified atom stereocenters. The van der Waals surface area contributed by atoms with Crippen molar-refractivity contribution in [1.29, 1.82) is 0 Å². The Hall–Kier alpha value is -1.00. The van der Waals surface area contributed by atoms with E-state index >= 15 is 0 Å². The van der Waals surface area contributed by atoms with Crippen LogP contribution in [-0.2, 0) is 6.42 Å². The topological polar surface area (TPSA) is 32.3 Å². The van der Waals surface area contributed by atoms with E-state index in [1.165, 1.54) is 50.0 Å². The van der Waals surface area contributed by atoms with Crippen molar-refractivity contribution in [3.8, 4) is 0 Å². The van der Waals surface area contributed by atoms with Crippen molar-refractivity contribution in [1.82, 2.24) is 19.8 Å². The predicted molar refractivity (Wildman–Crippen MR) is 73.9 cm³/mol. The highest BCUT2D eigenvalue weighted by molar-refractivity contribution is 5.28. The molecule has 3 aliphatic rings. The van der Waals surface area contributed by atoms with Crippen LogP contribution in [0.15, 0.2) is 12.5 Å². The van der Waals surface area contributed by atoms with Crippen LogP contribution in [0.25, 0.3) is 0 Å². The molecule has 0 N–H and O–H groups in total. The minimum Gasteiger partial charge on any atom is -0.306 e. The zero-order valence-corrected chi connectivity index (χ0v) is 11.6. The molecule has 0 amide bonds. The minimum atomic E-state index is 0.600. The van der Waals surface area contributed by atoms with Crippen LogP contribution in [0.5, 0.6) is 0 Å². The van der Waals surface area contributed by atoms with Gasteiger partial charge in [-0.15, -0.1) is 0 Å². The first-order chi connectivity index (χ1) is 9.33. The molecule has 4 rings (SSSR count). The number of hydrogen-bond acceptors (Lipinski definition) is 4. The van der Waals surface area contributed by atoms with Gasteiger partial charge in [-0.3, -0.25) is 4.90 Å². The van der Waals surface area contributed by atoms with Crippen molar-refractivity contribution in [3.05, 3.63) is 23.8 Å². The van der Waals surface area contributed by atoms with E-state index in [1.807, 2.05) is 0 Å². The maximum Gasteiger partial charge on any atom is 0.115 e. The average molecular weight is 258 g/mol. The Labute approximate surface area is 114 Å². The second-order valence-electron chi connectivity index (χ2n) is 6.36. The molecule has 3 aliphatic heterocycles. The molecule has 2 saturated heterocycles. The Balaban J connectivity index is 1.62. The van der Waals surface area contributed by atoms with Gasteiger partial charge < -0.3 is 4.90 Å². The third kappa shape index (κ3) is 1.89. The van der Waals surface area contributed by atoms with Gasteiger partial charge in [0.2, 0.25) is 0 Å². The first-order valence-corrected chi connectivity index (χ1v) is 7.57. The summed E-state index contributed by atoms with van der Waals surface area (Å²) in [6, 6.07) is 2.12. The summed E-state index contributed by atoms with van der Waals surface area (Å²) in [6.07, 6.45) is 10.2. The predicted octanol–water partition coefficient (Wildman–Crippen LogP) is 1.63. The fraction of sp³-hybridized carbons (Fsp3) is 0.733. The number of nitrogens with zero attached hydrogens (tertiary/aromatic N) is 4. The van der Waals surface area contributed by atoms with Gasteiger partial charge in [0.15, 0.2) is 0 Å². The quantitative estimate of drug-likeness (QED) is 0.766. The second-order valence-corrected chi connectivity index (χ2v) is 6.36. The van der Waals surface area contributed by atoms with Crippen LogP contribution >= 0.6 is 0 Å². The Kier molecular flexibility index (Phi) is 2.81. The number of piperidine rings is 1. The van der Waals surface area contributed by atoms with Crippen LogP contribution in [0.4, 0.5) is 0 Å². The van der Waals surface area contributed by atoms with Crippen molar-refractivity contribution in [2.45, 2.75) is 50.2 Å². The van der Waals surface area contributed by atoms with E-state index in [0.29, 0.717) is 6.04 Å². The normalized spacial score (nSPS) is 32.5. The SMILES string of the molecule is CN1CCC(N2C3CCC2c2cncnc2C3)CC1. The van der Waals surface area contributed by atoms with Gasteiger partial charge in [-0.1, -0.05) is 0 Å². The molecule has 19 heavy (non-hydrogen) atoms. The summed E-state index contributed by atoms with van der Waals surface area (Å²) < 4.78 is 0. The molecule has 1 aromatic rings. The molecule has 4 heterocycles. The number of aromatic nitrogens is 2. The van der Waals surface area contributed by atoms with Crippen molar-refractivity contribution >= 4 is 0 Å². The van der Waals surface area contributed by atoms with E-state index in [1.54, 1.807) is 6.33 Å². The third-order valence-corrected chi connectivity index (χ3v) is 5.28. The molecule has 0 spiro atoms. The molecular weight excluding hydrogens is 236 g/mol. The molecule has 0 aromatic carbocycles. The zero-order chi connectivity index (χ0) is 12.8. The van der Waals surface area contributed by atoms with E-state index in [-0.39, 0.29) is 0 Å². The number of fused-ring (bicyclic) bond motifs is 4. The van der Waals surface area contributed by atoms with E-state index in [2.05, 4.69) is 33.0 Å². The Morgan fingerprint density at radius 2 is 1.95 bits per heavy atom.